The molecule has 8 heteroatoms. The lowest BCUT2D eigenvalue weighted by Gasteiger charge is -2.24. The van der Waals surface area contributed by atoms with Gasteiger partial charge in [-0.25, -0.2) is 4.39 Å². The highest BCUT2D eigenvalue weighted by Crippen LogP contribution is 2.36. The number of carbonyl (C=O) groups excluding carboxylic acids is 1. The lowest BCUT2D eigenvalue weighted by Crippen LogP contribution is -2.42. The fraction of sp³-hybridized carbons (Fsp3) is 0.500. The molecule has 1 aromatic carbocycles. The van der Waals surface area contributed by atoms with Crippen LogP contribution in [0.25, 0.3) is 0 Å². The normalized spacial score (nSPS) is 22.0. The summed E-state index contributed by atoms with van der Waals surface area (Å²) in [4.78, 5) is 11.2. The largest absolute Gasteiger partial charge is 0.506 e. The van der Waals surface area contributed by atoms with Crippen LogP contribution in [-0.4, -0.2) is 36.7 Å². The van der Waals surface area contributed by atoms with E-state index in [9.17, 15) is 14.3 Å². The van der Waals surface area contributed by atoms with E-state index >= 15 is 0 Å². The van der Waals surface area contributed by atoms with Crippen molar-refractivity contribution in [1.82, 2.24) is 15.4 Å². The van der Waals surface area contributed by atoms with Gasteiger partial charge in [-0.1, -0.05) is 0 Å². The van der Waals surface area contributed by atoms with Gasteiger partial charge in [-0.3, -0.25) is 13.8 Å². The van der Waals surface area contributed by atoms with Gasteiger partial charge in [-0.2, -0.15) is 0 Å². The van der Waals surface area contributed by atoms with Crippen molar-refractivity contribution in [3.05, 3.63) is 23.5 Å². The molecule has 1 aromatic rings. The molecule has 22 heavy (non-hydrogen) atoms. The van der Waals surface area contributed by atoms with Gasteiger partial charge in [0.1, 0.15) is 18.0 Å². The fourth-order valence-corrected chi connectivity index (χ4v) is 3.43. The molecule has 2 heterocycles. The first-order valence-electron chi connectivity index (χ1n) is 7.32. The van der Waals surface area contributed by atoms with Crippen LogP contribution < -0.4 is 19.7 Å². The lowest BCUT2D eigenvalue weighted by atomic mass is 10.1. The molecule has 0 radical (unpaired) electrons. The summed E-state index contributed by atoms with van der Waals surface area (Å²) in [6, 6.07) is 3.32. The number of nitrogens with one attached hydrogen (secondary N) is 3. The number of piperidine rings is 1. The molecule has 3 rings (SSSR count). The van der Waals surface area contributed by atoms with Crippen molar-refractivity contribution < 1.29 is 14.3 Å². The van der Waals surface area contributed by atoms with Crippen LogP contribution in [0.3, 0.4) is 0 Å². The third kappa shape index (κ3) is 3.45. The molecule has 0 aliphatic carbocycles. The summed E-state index contributed by atoms with van der Waals surface area (Å²) in [7, 11) is 0. The van der Waals surface area contributed by atoms with Crippen LogP contribution in [0.15, 0.2) is 12.1 Å². The van der Waals surface area contributed by atoms with Gasteiger partial charge in [0.05, 0.1) is 12.1 Å². The van der Waals surface area contributed by atoms with Gasteiger partial charge in [0.15, 0.2) is 5.82 Å². The Morgan fingerprint density at radius 3 is 3.00 bits per heavy atom. The molecule has 6 nitrogen and oxygen atoms in total. The molecule has 1 atom stereocenters. The molecule has 2 saturated heterocycles. The number of anilines is 1. The zero-order valence-corrected chi connectivity index (χ0v) is 12.9. The Labute approximate surface area is 132 Å². The minimum Gasteiger partial charge on any atom is -0.506 e. The van der Waals surface area contributed by atoms with Gasteiger partial charge < -0.3 is 15.7 Å². The van der Waals surface area contributed by atoms with Gasteiger partial charge >= 0.3 is 0 Å². The molecule has 0 saturated carbocycles. The van der Waals surface area contributed by atoms with E-state index in [-0.39, 0.29) is 23.9 Å². The molecule has 2 aliphatic heterocycles. The Bertz CT molecular complexity index is 543. The second kappa shape index (κ2) is 6.72. The van der Waals surface area contributed by atoms with E-state index in [0.29, 0.717) is 18.2 Å². The van der Waals surface area contributed by atoms with E-state index in [2.05, 4.69) is 15.4 Å². The van der Waals surface area contributed by atoms with Gasteiger partial charge in [0.25, 0.3) is 5.91 Å². The second-order valence-electron chi connectivity index (χ2n) is 5.52. The van der Waals surface area contributed by atoms with Gasteiger partial charge in [0, 0.05) is 19.1 Å². The number of carbonyl (C=O) groups is 1. The summed E-state index contributed by atoms with van der Waals surface area (Å²) < 4.78 is 18.2. The predicted octanol–water partition coefficient (Wildman–Crippen LogP) is 0.872. The van der Waals surface area contributed by atoms with Crippen molar-refractivity contribution in [3.8, 4) is 5.75 Å². The maximum absolute atomic E-state index is 14.3. The van der Waals surface area contributed by atoms with E-state index < -0.39 is 5.82 Å². The van der Waals surface area contributed by atoms with Gasteiger partial charge in [-0.15, -0.1) is 0 Å². The number of hydrogen-bond donors (Lipinski definition) is 4. The summed E-state index contributed by atoms with van der Waals surface area (Å²) in [6.07, 6.45) is 2.22. The number of amides is 1. The molecule has 1 amide bonds. The average Bonchev–Trinajstić information content (AvgIpc) is 2.92. The number of hydrogen-bond acceptors (Lipinski definition) is 6. The third-order valence-electron chi connectivity index (χ3n) is 3.80. The Morgan fingerprint density at radius 1 is 1.50 bits per heavy atom. The first kappa shape index (κ1) is 15.4. The van der Waals surface area contributed by atoms with Crippen molar-refractivity contribution in [3.63, 3.8) is 0 Å². The smallest absolute Gasteiger partial charge is 0.251 e. The van der Waals surface area contributed by atoms with Crippen LogP contribution in [0.2, 0.25) is 0 Å². The molecular formula is C14H19FN4O2S. The average molecular weight is 326 g/mol. The summed E-state index contributed by atoms with van der Waals surface area (Å²) in [5.74, 6) is -0.885. The summed E-state index contributed by atoms with van der Waals surface area (Å²) in [5.41, 5.74) is 0.735. The minimum atomic E-state index is -0.525. The Hall–Kier alpha value is -1.51. The molecule has 0 spiro atoms. The Morgan fingerprint density at radius 2 is 2.36 bits per heavy atom. The summed E-state index contributed by atoms with van der Waals surface area (Å²) in [6.45, 7) is 2.48. The maximum atomic E-state index is 14.3. The van der Waals surface area contributed by atoms with Crippen molar-refractivity contribution in [2.45, 2.75) is 25.4 Å². The fourth-order valence-electron chi connectivity index (χ4n) is 2.70. The number of phenols is 1. The van der Waals surface area contributed by atoms with Gasteiger partial charge in [-0.05, 0) is 37.1 Å². The second-order valence-corrected chi connectivity index (χ2v) is 6.35. The number of phenolic OH excluding ortho intramolecular Hbond substituents is 1. The monoisotopic (exact) mass is 326 g/mol. The first-order chi connectivity index (χ1) is 10.6. The minimum absolute atomic E-state index is 0.0283. The highest BCUT2D eigenvalue weighted by molar-refractivity contribution is 7.99. The number of aromatic hydroxyl groups is 1. The molecule has 2 aliphatic rings. The summed E-state index contributed by atoms with van der Waals surface area (Å²) >= 11 is 0.984. The van der Waals surface area contributed by atoms with Crippen LogP contribution in [0, 0.1) is 5.82 Å². The van der Waals surface area contributed by atoms with Crippen molar-refractivity contribution >= 4 is 23.7 Å². The number of halogens is 1. The molecule has 0 unspecified atom stereocenters. The molecule has 4 N–H and O–H groups in total. The Kier molecular flexibility index (Phi) is 4.70. The van der Waals surface area contributed by atoms with E-state index in [1.165, 1.54) is 10.4 Å². The number of rotatable bonds is 4. The van der Waals surface area contributed by atoms with Crippen LogP contribution >= 0.6 is 12.1 Å². The van der Waals surface area contributed by atoms with E-state index in [4.69, 9.17) is 0 Å². The maximum Gasteiger partial charge on any atom is 0.251 e. The van der Waals surface area contributed by atoms with Crippen LogP contribution in [0.1, 0.15) is 18.4 Å². The summed E-state index contributed by atoms with van der Waals surface area (Å²) in [5, 5.41) is 16.8. The standard InChI is InChI=1S/C14H19FN4O2S/c15-11-4-9(6-17-10-2-1-3-16-7-10)5-12(20)14(11)19-8-13(21)18-22-19/h4-5,10,16-17,20H,1-3,6-8H2,(H,18,21)/t10-/m1/s1. The van der Waals surface area contributed by atoms with E-state index in [0.717, 1.165) is 38.1 Å². The first-order valence-corrected chi connectivity index (χ1v) is 8.09. The predicted molar refractivity (Wildman–Crippen MR) is 83.9 cm³/mol. The Balaban J connectivity index is 1.67. The third-order valence-corrected chi connectivity index (χ3v) is 4.65. The molecule has 0 aromatic heterocycles. The van der Waals surface area contributed by atoms with Crippen LogP contribution in [0.4, 0.5) is 10.1 Å². The molecule has 120 valence electrons. The molecular weight excluding hydrogens is 307 g/mol. The van der Waals surface area contributed by atoms with Crippen molar-refractivity contribution in [2.24, 2.45) is 0 Å². The van der Waals surface area contributed by atoms with Crippen molar-refractivity contribution in [2.75, 3.05) is 23.9 Å². The topological polar surface area (TPSA) is 76.6 Å². The highest BCUT2D eigenvalue weighted by Gasteiger charge is 2.26. The van der Waals surface area contributed by atoms with Gasteiger partial charge in [0.2, 0.25) is 0 Å². The number of nitrogens with zero attached hydrogens (tertiary/aromatic N) is 1. The highest BCUT2D eigenvalue weighted by atomic mass is 32.2. The van der Waals surface area contributed by atoms with Crippen LogP contribution in [-0.2, 0) is 11.3 Å². The lowest BCUT2D eigenvalue weighted by molar-refractivity contribution is -0.117. The van der Waals surface area contributed by atoms with Crippen molar-refractivity contribution in [1.29, 1.82) is 0 Å². The van der Waals surface area contributed by atoms with Crippen LogP contribution in [0.5, 0.6) is 5.75 Å². The zero-order chi connectivity index (χ0) is 15.5. The van der Waals surface area contributed by atoms with E-state index in [1.54, 1.807) is 6.07 Å². The molecule has 0 bridgehead atoms. The molecule has 2 fully saturated rings. The number of benzene rings is 1. The quantitative estimate of drug-likeness (QED) is 0.615. The van der Waals surface area contributed by atoms with E-state index in [1.807, 2.05) is 0 Å². The SMILES string of the molecule is O=C1CN(c2c(O)cc(CN[C@@H]3CCCNC3)cc2F)SN1. The zero-order valence-electron chi connectivity index (χ0n) is 12.1.